The molecule has 0 fully saturated rings. The van der Waals surface area contributed by atoms with Crippen molar-refractivity contribution in [3.63, 3.8) is 0 Å². The van der Waals surface area contributed by atoms with E-state index in [1.807, 2.05) is 0 Å². The number of methoxy groups -OCH3 is 1. The highest BCUT2D eigenvalue weighted by Crippen LogP contribution is 2.33. The molecular formula is C15H12Br2ClNO4S. The van der Waals surface area contributed by atoms with Crippen LogP contribution in [0.2, 0.25) is 5.02 Å². The molecule has 0 saturated heterocycles. The molecule has 0 aliphatic heterocycles. The molecule has 1 atom stereocenters. The Balaban J connectivity index is 2.04. The Labute approximate surface area is 164 Å². The Bertz CT molecular complexity index is 761. The summed E-state index contributed by atoms with van der Waals surface area (Å²) in [6.07, 6.45) is -0.985. The first kappa shape index (κ1) is 19.2. The number of carbonyl (C=O) groups is 2. The van der Waals surface area contributed by atoms with Gasteiger partial charge in [-0.2, -0.15) is 0 Å². The second-order valence-corrected chi connectivity index (χ2v) is 8.27. The van der Waals surface area contributed by atoms with Crippen molar-refractivity contribution in [3.05, 3.63) is 42.4 Å². The lowest BCUT2D eigenvalue weighted by Crippen LogP contribution is -2.29. The van der Waals surface area contributed by atoms with Gasteiger partial charge in [0, 0.05) is 9.50 Å². The summed E-state index contributed by atoms with van der Waals surface area (Å²) in [6, 6.07) is 6.46. The van der Waals surface area contributed by atoms with Crippen molar-refractivity contribution in [3.8, 4) is 5.75 Å². The molecule has 1 aromatic heterocycles. The normalized spacial score (nSPS) is 11.7. The molecule has 24 heavy (non-hydrogen) atoms. The molecule has 9 heteroatoms. The first-order valence-corrected chi connectivity index (χ1v) is 9.40. The zero-order chi connectivity index (χ0) is 17.9. The SMILES string of the molecule is COc1ccc(Cl)cc1NC(=O)C(C)OC(=O)c1cc(Br)c(Br)s1. The average molecular weight is 498 g/mol. The third-order valence-corrected chi connectivity index (χ3v) is 6.39. The summed E-state index contributed by atoms with van der Waals surface area (Å²) in [5.74, 6) is -0.608. The maximum absolute atomic E-state index is 12.2. The van der Waals surface area contributed by atoms with E-state index in [1.165, 1.54) is 25.4 Å². The van der Waals surface area contributed by atoms with Crippen LogP contribution in [0.15, 0.2) is 32.5 Å². The number of amides is 1. The second kappa shape index (κ2) is 8.33. The summed E-state index contributed by atoms with van der Waals surface area (Å²) in [4.78, 5) is 24.7. The summed E-state index contributed by atoms with van der Waals surface area (Å²) in [5, 5.41) is 3.08. The molecule has 0 radical (unpaired) electrons. The fourth-order valence-electron chi connectivity index (χ4n) is 1.73. The minimum atomic E-state index is -0.985. The van der Waals surface area contributed by atoms with Gasteiger partial charge in [0.25, 0.3) is 5.91 Å². The predicted octanol–water partition coefficient (Wildman–Crippen LogP) is 5.12. The standard InChI is InChI=1S/C15H12Br2ClNO4S/c1-7(23-15(21)12-6-9(16)13(17)24-12)14(20)19-10-5-8(18)3-4-11(10)22-2/h3-7H,1-2H3,(H,19,20). The van der Waals surface area contributed by atoms with Crippen LogP contribution in [0.4, 0.5) is 5.69 Å². The van der Waals surface area contributed by atoms with E-state index < -0.39 is 18.0 Å². The predicted molar refractivity (Wildman–Crippen MR) is 101 cm³/mol. The van der Waals surface area contributed by atoms with Crippen LogP contribution >= 0.6 is 54.8 Å². The highest BCUT2D eigenvalue weighted by Gasteiger charge is 2.22. The van der Waals surface area contributed by atoms with Crippen LogP contribution in [0.3, 0.4) is 0 Å². The fourth-order valence-corrected chi connectivity index (χ4v) is 3.82. The average Bonchev–Trinajstić information content (AvgIpc) is 2.87. The molecule has 2 rings (SSSR count). The number of carbonyl (C=O) groups excluding carboxylic acids is 2. The number of hydrogen-bond donors (Lipinski definition) is 1. The van der Waals surface area contributed by atoms with Gasteiger partial charge in [-0.05, 0) is 63.0 Å². The van der Waals surface area contributed by atoms with Crippen molar-refractivity contribution in [2.45, 2.75) is 13.0 Å². The first-order chi connectivity index (χ1) is 11.3. The van der Waals surface area contributed by atoms with Crippen LogP contribution in [0.5, 0.6) is 5.75 Å². The molecule has 1 heterocycles. The van der Waals surface area contributed by atoms with Crippen LogP contribution in [-0.2, 0) is 9.53 Å². The third kappa shape index (κ3) is 4.72. The van der Waals surface area contributed by atoms with E-state index >= 15 is 0 Å². The molecule has 0 aliphatic rings. The Kier molecular flexibility index (Phi) is 6.68. The molecular weight excluding hydrogens is 485 g/mol. The molecule has 1 unspecified atom stereocenters. The van der Waals surface area contributed by atoms with Crippen molar-refractivity contribution in [2.24, 2.45) is 0 Å². The quantitative estimate of drug-likeness (QED) is 0.583. The van der Waals surface area contributed by atoms with Gasteiger partial charge in [0.15, 0.2) is 6.10 Å². The van der Waals surface area contributed by atoms with Gasteiger partial charge in [-0.25, -0.2) is 4.79 Å². The molecule has 1 amide bonds. The van der Waals surface area contributed by atoms with Gasteiger partial charge >= 0.3 is 5.97 Å². The fraction of sp³-hybridized carbons (Fsp3) is 0.200. The topological polar surface area (TPSA) is 64.6 Å². The van der Waals surface area contributed by atoms with Gasteiger partial charge in [0.05, 0.1) is 16.6 Å². The number of thiophene rings is 1. The van der Waals surface area contributed by atoms with E-state index in [9.17, 15) is 9.59 Å². The van der Waals surface area contributed by atoms with Crippen LogP contribution in [-0.4, -0.2) is 25.1 Å². The van der Waals surface area contributed by atoms with E-state index in [2.05, 4.69) is 37.2 Å². The van der Waals surface area contributed by atoms with E-state index in [0.717, 1.165) is 8.26 Å². The largest absolute Gasteiger partial charge is 0.495 e. The molecule has 1 N–H and O–H groups in total. The Morgan fingerprint density at radius 1 is 1.29 bits per heavy atom. The smallest absolute Gasteiger partial charge is 0.349 e. The summed E-state index contributed by atoms with van der Waals surface area (Å²) in [5.41, 5.74) is 0.402. The zero-order valence-electron chi connectivity index (χ0n) is 12.6. The monoisotopic (exact) mass is 495 g/mol. The van der Waals surface area contributed by atoms with E-state index in [-0.39, 0.29) is 0 Å². The van der Waals surface area contributed by atoms with Gasteiger partial charge in [-0.15, -0.1) is 11.3 Å². The maximum atomic E-state index is 12.2. The Hall–Kier alpha value is -1.09. The van der Waals surface area contributed by atoms with Crippen molar-refractivity contribution in [1.82, 2.24) is 0 Å². The van der Waals surface area contributed by atoms with Crippen LogP contribution in [0.1, 0.15) is 16.6 Å². The van der Waals surface area contributed by atoms with Crippen LogP contribution in [0, 0.1) is 0 Å². The number of halogens is 3. The molecule has 128 valence electrons. The van der Waals surface area contributed by atoms with E-state index in [1.54, 1.807) is 24.3 Å². The first-order valence-electron chi connectivity index (χ1n) is 6.62. The van der Waals surface area contributed by atoms with E-state index in [4.69, 9.17) is 21.1 Å². The lowest BCUT2D eigenvalue weighted by molar-refractivity contribution is -0.123. The van der Waals surface area contributed by atoms with Gasteiger partial charge in [0.2, 0.25) is 0 Å². The van der Waals surface area contributed by atoms with Crippen molar-refractivity contribution in [1.29, 1.82) is 0 Å². The highest BCUT2D eigenvalue weighted by molar-refractivity contribution is 9.13. The van der Waals surface area contributed by atoms with Gasteiger partial charge in [0.1, 0.15) is 10.6 Å². The third-order valence-electron chi connectivity index (χ3n) is 2.92. The molecule has 1 aromatic carbocycles. The minimum absolute atomic E-state index is 0.383. The molecule has 0 aliphatic carbocycles. The molecule has 2 aromatic rings. The van der Waals surface area contributed by atoms with Crippen LogP contribution in [0.25, 0.3) is 0 Å². The maximum Gasteiger partial charge on any atom is 0.349 e. The lowest BCUT2D eigenvalue weighted by Gasteiger charge is -2.15. The van der Waals surface area contributed by atoms with Gasteiger partial charge in [-0.3, -0.25) is 4.79 Å². The number of rotatable bonds is 5. The van der Waals surface area contributed by atoms with Crippen molar-refractivity contribution in [2.75, 3.05) is 12.4 Å². The zero-order valence-corrected chi connectivity index (χ0v) is 17.3. The Morgan fingerprint density at radius 3 is 2.58 bits per heavy atom. The molecule has 0 bridgehead atoms. The molecule has 0 spiro atoms. The summed E-state index contributed by atoms with van der Waals surface area (Å²) in [7, 11) is 1.48. The summed E-state index contributed by atoms with van der Waals surface area (Å²) in [6.45, 7) is 1.49. The summed E-state index contributed by atoms with van der Waals surface area (Å²) >= 11 is 13.7. The molecule has 5 nitrogen and oxygen atoms in total. The number of anilines is 1. The van der Waals surface area contributed by atoms with Crippen molar-refractivity contribution < 1.29 is 19.1 Å². The van der Waals surface area contributed by atoms with Gasteiger partial charge < -0.3 is 14.8 Å². The van der Waals surface area contributed by atoms with Crippen molar-refractivity contribution >= 4 is 72.4 Å². The number of esters is 1. The summed E-state index contributed by atoms with van der Waals surface area (Å²) < 4.78 is 11.9. The number of benzene rings is 1. The highest BCUT2D eigenvalue weighted by atomic mass is 79.9. The molecule has 0 saturated carbocycles. The lowest BCUT2D eigenvalue weighted by atomic mass is 10.2. The minimum Gasteiger partial charge on any atom is -0.495 e. The van der Waals surface area contributed by atoms with Crippen LogP contribution < -0.4 is 10.1 Å². The number of nitrogens with one attached hydrogen (secondary N) is 1. The van der Waals surface area contributed by atoms with E-state index in [0.29, 0.717) is 21.3 Å². The van der Waals surface area contributed by atoms with Gasteiger partial charge in [-0.1, -0.05) is 11.6 Å². The number of hydrogen-bond acceptors (Lipinski definition) is 5. The Morgan fingerprint density at radius 2 is 2.00 bits per heavy atom. The number of ether oxygens (including phenoxy) is 2. The second-order valence-electron chi connectivity index (χ2n) is 4.61.